The Morgan fingerprint density at radius 3 is 2.25 bits per heavy atom. The highest BCUT2D eigenvalue weighted by molar-refractivity contribution is 6.17. The van der Waals surface area contributed by atoms with Crippen molar-refractivity contribution in [1.29, 1.82) is 0 Å². The average Bonchev–Trinajstić information content (AvgIpc) is 3.33. The number of carbonyl (C=O) groups is 2. The predicted octanol–water partition coefficient (Wildman–Crippen LogP) is 2.41. The third-order valence-electron chi connectivity index (χ3n) is 7.56. The molecule has 2 bridgehead atoms. The highest BCUT2D eigenvalue weighted by Crippen LogP contribution is 2.80. The van der Waals surface area contributed by atoms with Crippen LogP contribution in [0.2, 0.25) is 0 Å². The fourth-order valence-corrected chi connectivity index (χ4v) is 6.03. The molecule has 2 fully saturated rings. The van der Waals surface area contributed by atoms with E-state index in [0.29, 0.717) is 17.1 Å². The third-order valence-corrected chi connectivity index (χ3v) is 7.56. The Bertz CT molecular complexity index is 1060. The maximum absolute atomic E-state index is 13.6. The Labute approximate surface area is 163 Å². The van der Waals surface area contributed by atoms with Gasteiger partial charge in [0.15, 0.2) is 11.6 Å². The molecule has 0 aliphatic heterocycles. The van der Waals surface area contributed by atoms with Gasteiger partial charge < -0.3 is 14.6 Å². The Morgan fingerprint density at radius 1 is 0.893 bits per heavy atom. The molecule has 0 heterocycles. The largest absolute Gasteiger partial charge is 0.497 e. The molecule has 1 N–H and O–H groups in total. The molecule has 0 spiro atoms. The number of Topliss-reactive ketones (excluding diaryl/α,β-unsaturated/α-hetero) is 2. The number of ketones is 2. The minimum Gasteiger partial charge on any atom is -0.497 e. The summed E-state index contributed by atoms with van der Waals surface area (Å²) in [4.78, 5) is 27.0. The number of fused-ring (bicyclic) bond motifs is 5. The smallest absolute Gasteiger partial charge is 0.170 e. The zero-order chi connectivity index (χ0) is 20.1. The first-order valence-electron chi connectivity index (χ1n) is 9.39. The van der Waals surface area contributed by atoms with Gasteiger partial charge >= 0.3 is 0 Å². The lowest BCUT2D eigenvalue weighted by atomic mass is 9.62. The molecular formula is C23H22O5. The predicted molar refractivity (Wildman–Crippen MR) is 102 cm³/mol. The van der Waals surface area contributed by atoms with E-state index in [-0.39, 0.29) is 11.6 Å². The van der Waals surface area contributed by atoms with Crippen molar-refractivity contribution >= 4 is 11.6 Å². The van der Waals surface area contributed by atoms with Gasteiger partial charge in [-0.15, -0.1) is 0 Å². The molecule has 5 atom stereocenters. The summed E-state index contributed by atoms with van der Waals surface area (Å²) in [5, 5.41) is 11.0. The van der Waals surface area contributed by atoms with E-state index in [4.69, 9.17) is 9.47 Å². The Balaban J connectivity index is 1.91. The van der Waals surface area contributed by atoms with Crippen molar-refractivity contribution in [2.45, 2.75) is 30.8 Å². The average molecular weight is 378 g/mol. The second-order valence-electron chi connectivity index (χ2n) is 8.42. The summed E-state index contributed by atoms with van der Waals surface area (Å²) in [5.74, 6) is 0.486. The van der Waals surface area contributed by atoms with Gasteiger partial charge in [-0.25, -0.2) is 0 Å². The van der Waals surface area contributed by atoms with Crippen LogP contribution in [0, 0.1) is 11.3 Å². The molecule has 0 aromatic heterocycles. The van der Waals surface area contributed by atoms with Crippen LogP contribution >= 0.6 is 0 Å². The molecule has 0 saturated heterocycles. The van der Waals surface area contributed by atoms with Gasteiger partial charge in [-0.1, -0.05) is 25.1 Å². The Kier molecular flexibility index (Phi) is 3.13. The molecule has 28 heavy (non-hydrogen) atoms. The highest BCUT2D eigenvalue weighted by Gasteiger charge is 2.89. The van der Waals surface area contributed by atoms with Gasteiger partial charge in [0.1, 0.15) is 17.6 Å². The Morgan fingerprint density at radius 2 is 1.57 bits per heavy atom. The SMILES string of the molecule is COc1cccc(C23c4cc(OC)ccc4[C@@]4(C)C(=O)[C@@H]2[C@@]3(C)C(=O)[C@H]4O)c1. The van der Waals surface area contributed by atoms with Crippen LogP contribution in [-0.2, 0) is 20.4 Å². The molecule has 5 heteroatoms. The van der Waals surface area contributed by atoms with Gasteiger partial charge in [-0.05, 0) is 47.9 Å². The quantitative estimate of drug-likeness (QED) is 0.888. The number of hydrogen-bond donors (Lipinski definition) is 1. The fourth-order valence-electron chi connectivity index (χ4n) is 6.03. The summed E-state index contributed by atoms with van der Waals surface area (Å²) in [7, 11) is 3.18. The third kappa shape index (κ3) is 1.53. The van der Waals surface area contributed by atoms with E-state index in [9.17, 15) is 14.7 Å². The van der Waals surface area contributed by atoms with Crippen LogP contribution in [0.5, 0.6) is 11.5 Å². The van der Waals surface area contributed by atoms with Crippen LogP contribution in [0.15, 0.2) is 42.5 Å². The first-order chi connectivity index (χ1) is 13.3. The molecule has 2 saturated carbocycles. The van der Waals surface area contributed by atoms with E-state index >= 15 is 0 Å². The summed E-state index contributed by atoms with van der Waals surface area (Å²) in [6.45, 7) is 3.51. The van der Waals surface area contributed by atoms with Gasteiger partial charge in [0.05, 0.1) is 25.0 Å². The summed E-state index contributed by atoms with van der Waals surface area (Å²) >= 11 is 0. The van der Waals surface area contributed by atoms with Crippen LogP contribution in [0.3, 0.4) is 0 Å². The van der Waals surface area contributed by atoms with Crippen molar-refractivity contribution in [2.24, 2.45) is 11.3 Å². The standard InChI is InChI=1S/C23H22O5/c1-21-15-9-8-14(28-4)11-16(15)23(12-6-5-7-13(10-12)27-3)17(18(21)24)22(23,2)20(26)19(21)25/h5-11,17,19,25H,1-4H3/t17-,19-,21+,22+,23?/m1/s1. The maximum atomic E-state index is 13.6. The van der Waals surface area contributed by atoms with Gasteiger partial charge in [0.2, 0.25) is 0 Å². The summed E-state index contributed by atoms with van der Waals surface area (Å²) < 4.78 is 10.9. The minimum absolute atomic E-state index is 0.0670. The lowest BCUT2D eigenvalue weighted by Crippen LogP contribution is -2.55. The first kappa shape index (κ1) is 17.4. The zero-order valence-electron chi connectivity index (χ0n) is 16.3. The number of benzene rings is 2. The number of ether oxygens (including phenoxy) is 2. The van der Waals surface area contributed by atoms with Crippen LogP contribution in [0.1, 0.15) is 30.5 Å². The van der Waals surface area contributed by atoms with Crippen LogP contribution in [-0.4, -0.2) is 37.0 Å². The summed E-state index contributed by atoms with van der Waals surface area (Å²) in [5.41, 5.74) is -0.601. The summed E-state index contributed by atoms with van der Waals surface area (Å²) in [6.07, 6.45) is -1.36. The van der Waals surface area contributed by atoms with E-state index < -0.39 is 28.3 Å². The lowest BCUT2D eigenvalue weighted by Gasteiger charge is -2.40. The van der Waals surface area contributed by atoms with Crippen molar-refractivity contribution < 1.29 is 24.2 Å². The molecule has 3 aliphatic carbocycles. The monoisotopic (exact) mass is 378 g/mol. The molecule has 144 valence electrons. The number of carbonyl (C=O) groups excluding carboxylic acids is 2. The Hall–Kier alpha value is -2.66. The van der Waals surface area contributed by atoms with E-state index in [1.807, 2.05) is 43.3 Å². The number of aliphatic hydroxyl groups is 1. The highest BCUT2D eigenvalue weighted by atomic mass is 16.5. The first-order valence-corrected chi connectivity index (χ1v) is 9.39. The molecule has 5 nitrogen and oxygen atoms in total. The number of methoxy groups -OCH3 is 2. The van der Waals surface area contributed by atoms with Crippen molar-refractivity contribution in [3.63, 3.8) is 0 Å². The minimum atomic E-state index is -1.36. The van der Waals surface area contributed by atoms with E-state index in [2.05, 4.69) is 0 Å². The van der Waals surface area contributed by atoms with Crippen molar-refractivity contribution in [2.75, 3.05) is 14.2 Å². The van der Waals surface area contributed by atoms with Gasteiger partial charge in [-0.3, -0.25) is 9.59 Å². The summed E-state index contributed by atoms with van der Waals surface area (Å²) in [6, 6.07) is 13.1. The molecule has 1 unspecified atom stereocenters. The second-order valence-corrected chi connectivity index (χ2v) is 8.42. The van der Waals surface area contributed by atoms with E-state index in [1.54, 1.807) is 27.2 Å². The maximum Gasteiger partial charge on any atom is 0.170 e. The molecule has 3 aliphatic rings. The van der Waals surface area contributed by atoms with Crippen LogP contribution in [0.25, 0.3) is 0 Å². The van der Waals surface area contributed by atoms with E-state index in [0.717, 1.165) is 11.1 Å². The van der Waals surface area contributed by atoms with Crippen LogP contribution < -0.4 is 9.47 Å². The molecular weight excluding hydrogens is 356 g/mol. The second kappa shape index (κ2) is 5.03. The van der Waals surface area contributed by atoms with Crippen molar-refractivity contribution in [1.82, 2.24) is 0 Å². The number of rotatable bonds is 3. The van der Waals surface area contributed by atoms with Crippen molar-refractivity contribution in [3.05, 3.63) is 59.2 Å². The van der Waals surface area contributed by atoms with Gasteiger partial charge in [-0.2, -0.15) is 0 Å². The van der Waals surface area contributed by atoms with Crippen molar-refractivity contribution in [3.8, 4) is 11.5 Å². The molecule has 2 aromatic carbocycles. The molecule has 0 amide bonds. The topological polar surface area (TPSA) is 72.8 Å². The number of aliphatic hydroxyl groups excluding tert-OH is 1. The normalized spacial score (nSPS) is 37.3. The lowest BCUT2D eigenvalue weighted by molar-refractivity contribution is -0.149. The molecule has 2 aromatic rings. The van der Waals surface area contributed by atoms with Gasteiger partial charge in [0, 0.05) is 11.3 Å². The van der Waals surface area contributed by atoms with E-state index in [1.165, 1.54) is 0 Å². The fraction of sp³-hybridized carbons (Fsp3) is 0.391. The molecule has 5 rings (SSSR count). The van der Waals surface area contributed by atoms with Gasteiger partial charge in [0.25, 0.3) is 0 Å². The zero-order valence-corrected chi connectivity index (χ0v) is 16.3. The molecule has 0 radical (unpaired) electrons. The van der Waals surface area contributed by atoms with Crippen LogP contribution in [0.4, 0.5) is 0 Å². The number of hydrogen-bond acceptors (Lipinski definition) is 5.